The molecule has 0 saturated carbocycles. The Morgan fingerprint density at radius 1 is 0.943 bits per heavy atom. The van der Waals surface area contributed by atoms with Gasteiger partial charge in [-0.3, -0.25) is 24.0 Å². The number of carbonyl (C=O) groups excluding carboxylic acids is 5. The minimum atomic E-state index is -1.38. The lowest BCUT2D eigenvalue weighted by atomic mass is 9.77. The van der Waals surface area contributed by atoms with Crippen molar-refractivity contribution in [2.45, 2.75) is 46.0 Å². The molecule has 0 aliphatic heterocycles. The Balaban J connectivity index is 2.11. The zero-order valence-corrected chi connectivity index (χ0v) is 19.1. The van der Waals surface area contributed by atoms with Crippen LogP contribution >= 0.6 is 0 Å². The molecule has 0 amide bonds. The number of hydrogen-bond donors (Lipinski definition) is 1. The standard InChI is InChI=1S/C24H20N2O9/c1-9-22(33-10(2)27)19-17(24(35-12(4)29)23(9)34-11(3)28)16-18(26(19)8-25)21(32)15-13(20(16)31)6-5-7-14(15)30/h5-7,9,22-24,30H,1-4H3. The van der Waals surface area contributed by atoms with E-state index in [2.05, 4.69) is 0 Å². The lowest BCUT2D eigenvalue weighted by Crippen LogP contribution is -2.42. The molecule has 1 heterocycles. The van der Waals surface area contributed by atoms with Crippen LogP contribution in [0, 0.1) is 17.4 Å². The predicted molar refractivity (Wildman–Crippen MR) is 114 cm³/mol. The van der Waals surface area contributed by atoms with E-state index in [4.69, 9.17) is 14.2 Å². The number of nitrogens with zero attached hydrogens (tertiary/aromatic N) is 2. The second-order valence-corrected chi connectivity index (χ2v) is 8.31. The van der Waals surface area contributed by atoms with E-state index in [1.54, 1.807) is 6.92 Å². The maximum atomic E-state index is 13.6. The normalized spacial score (nSPS) is 22.3. The number of nitriles is 1. The van der Waals surface area contributed by atoms with Gasteiger partial charge < -0.3 is 19.3 Å². The van der Waals surface area contributed by atoms with E-state index in [-0.39, 0.29) is 33.6 Å². The van der Waals surface area contributed by atoms with Crippen LogP contribution in [0.15, 0.2) is 18.2 Å². The molecule has 1 aromatic heterocycles. The summed E-state index contributed by atoms with van der Waals surface area (Å²) < 4.78 is 17.2. The highest BCUT2D eigenvalue weighted by molar-refractivity contribution is 6.29. The molecule has 35 heavy (non-hydrogen) atoms. The number of aromatic nitrogens is 1. The molecule has 0 saturated heterocycles. The molecule has 0 spiro atoms. The maximum Gasteiger partial charge on any atom is 0.303 e. The number of esters is 3. The summed E-state index contributed by atoms with van der Waals surface area (Å²) >= 11 is 0. The van der Waals surface area contributed by atoms with Crippen molar-refractivity contribution in [1.82, 2.24) is 4.57 Å². The second-order valence-electron chi connectivity index (χ2n) is 8.31. The Morgan fingerprint density at radius 2 is 1.54 bits per heavy atom. The molecular formula is C24H20N2O9. The topological polar surface area (TPSA) is 162 Å². The van der Waals surface area contributed by atoms with Crippen LogP contribution in [0.4, 0.5) is 0 Å². The highest BCUT2D eigenvalue weighted by Gasteiger charge is 2.53. The van der Waals surface area contributed by atoms with Gasteiger partial charge >= 0.3 is 17.9 Å². The van der Waals surface area contributed by atoms with Crippen molar-refractivity contribution in [1.29, 1.82) is 5.26 Å². The van der Waals surface area contributed by atoms with Crippen LogP contribution < -0.4 is 0 Å². The number of phenolic OH excluding ortho intramolecular Hbond substituents is 1. The Bertz CT molecular complexity index is 1360. The third-order valence-corrected chi connectivity index (χ3v) is 6.04. The molecule has 0 fully saturated rings. The molecule has 11 nitrogen and oxygen atoms in total. The maximum absolute atomic E-state index is 13.6. The fourth-order valence-electron chi connectivity index (χ4n) is 4.82. The number of ketones is 2. The second kappa shape index (κ2) is 8.39. The molecule has 2 aromatic rings. The third kappa shape index (κ3) is 3.54. The van der Waals surface area contributed by atoms with E-state index in [1.165, 1.54) is 18.2 Å². The Kier molecular flexibility index (Phi) is 5.68. The number of ether oxygens (including phenoxy) is 3. The Morgan fingerprint density at radius 3 is 2.11 bits per heavy atom. The summed E-state index contributed by atoms with van der Waals surface area (Å²) in [7, 11) is 0. The van der Waals surface area contributed by atoms with Gasteiger partial charge in [0.25, 0.3) is 0 Å². The fraction of sp³-hybridized carbons (Fsp3) is 0.333. The van der Waals surface area contributed by atoms with Crippen LogP contribution in [0.1, 0.15) is 83.1 Å². The van der Waals surface area contributed by atoms with Gasteiger partial charge in [0, 0.05) is 37.8 Å². The number of phenols is 1. The van der Waals surface area contributed by atoms with E-state index >= 15 is 0 Å². The summed E-state index contributed by atoms with van der Waals surface area (Å²) in [6, 6.07) is 3.96. The van der Waals surface area contributed by atoms with Gasteiger partial charge in [-0.15, -0.1) is 0 Å². The van der Waals surface area contributed by atoms with Gasteiger partial charge in [-0.2, -0.15) is 5.26 Å². The van der Waals surface area contributed by atoms with Gasteiger partial charge in [0.1, 0.15) is 23.7 Å². The van der Waals surface area contributed by atoms with Crippen LogP contribution in [-0.2, 0) is 28.6 Å². The van der Waals surface area contributed by atoms with Crippen LogP contribution in [-0.4, -0.2) is 45.3 Å². The van der Waals surface area contributed by atoms with Gasteiger partial charge in [-0.1, -0.05) is 19.1 Å². The molecule has 2 aliphatic carbocycles. The number of rotatable bonds is 3. The van der Waals surface area contributed by atoms with Crippen molar-refractivity contribution in [2.24, 2.45) is 5.92 Å². The highest BCUT2D eigenvalue weighted by atomic mass is 16.6. The molecule has 4 unspecified atom stereocenters. The van der Waals surface area contributed by atoms with Crippen molar-refractivity contribution >= 4 is 29.5 Å². The minimum absolute atomic E-state index is 0.0520. The van der Waals surface area contributed by atoms with Gasteiger partial charge in [0.15, 0.2) is 18.1 Å². The molecule has 4 rings (SSSR count). The van der Waals surface area contributed by atoms with Crippen LogP contribution in [0.5, 0.6) is 5.75 Å². The smallest absolute Gasteiger partial charge is 0.303 e. The summed E-state index contributed by atoms with van der Waals surface area (Å²) in [6.07, 6.45) is -1.99. The van der Waals surface area contributed by atoms with Crippen LogP contribution in [0.2, 0.25) is 0 Å². The summed E-state index contributed by atoms with van der Waals surface area (Å²) in [4.78, 5) is 63.1. The van der Waals surface area contributed by atoms with E-state index in [1.807, 2.05) is 6.19 Å². The summed E-state index contributed by atoms with van der Waals surface area (Å²) in [5, 5.41) is 20.3. The van der Waals surface area contributed by atoms with E-state index in [0.717, 1.165) is 25.3 Å². The van der Waals surface area contributed by atoms with Gasteiger partial charge in [0.2, 0.25) is 5.78 Å². The third-order valence-electron chi connectivity index (χ3n) is 6.04. The number of benzene rings is 1. The van der Waals surface area contributed by atoms with Crippen molar-refractivity contribution in [3.05, 3.63) is 51.8 Å². The zero-order chi connectivity index (χ0) is 25.8. The zero-order valence-electron chi connectivity index (χ0n) is 19.1. The van der Waals surface area contributed by atoms with Gasteiger partial charge in [-0.05, 0) is 6.07 Å². The molecule has 1 aromatic carbocycles. The molecule has 1 N–H and O–H groups in total. The van der Waals surface area contributed by atoms with Crippen molar-refractivity contribution in [3.8, 4) is 11.9 Å². The summed E-state index contributed by atoms with van der Waals surface area (Å²) in [6.45, 7) is 4.94. The molecule has 4 atom stereocenters. The van der Waals surface area contributed by atoms with E-state index < -0.39 is 59.5 Å². The highest BCUT2D eigenvalue weighted by Crippen LogP contribution is 2.50. The fourth-order valence-corrected chi connectivity index (χ4v) is 4.82. The van der Waals surface area contributed by atoms with Crippen LogP contribution in [0.25, 0.3) is 0 Å². The predicted octanol–water partition coefficient (Wildman–Crippen LogP) is 2.09. The lowest BCUT2D eigenvalue weighted by Gasteiger charge is -2.39. The Labute approximate surface area is 198 Å². The first-order valence-electron chi connectivity index (χ1n) is 10.6. The molecule has 180 valence electrons. The first-order valence-corrected chi connectivity index (χ1v) is 10.6. The van der Waals surface area contributed by atoms with Gasteiger partial charge in [-0.25, -0.2) is 4.57 Å². The van der Waals surface area contributed by atoms with Crippen molar-refractivity contribution in [3.63, 3.8) is 0 Å². The largest absolute Gasteiger partial charge is 0.507 e. The monoisotopic (exact) mass is 480 g/mol. The quantitative estimate of drug-likeness (QED) is 0.434. The average molecular weight is 480 g/mol. The molecule has 0 bridgehead atoms. The summed E-state index contributed by atoms with van der Waals surface area (Å²) in [5.41, 5.74) is -1.15. The molecule has 11 heteroatoms. The minimum Gasteiger partial charge on any atom is -0.507 e. The van der Waals surface area contributed by atoms with E-state index in [9.17, 15) is 34.3 Å². The Hall–Kier alpha value is -4.46. The first kappa shape index (κ1) is 23.7. The number of carbonyl (C=O) groups is 5. The van der Waals surface area contributed by atoms with E-state index in [0.29, 0.717) is 0 Å². The molecular weight excluding hydrogens is 460 g/mol. The van der Waals surface area contributed by atoms with Crippen LogP contribution in [0.3, 0.4) is 0 Å². The van der Waals surface area contributed by atoms with Crippen molar-refractivity contribution in [2.75, 3.05) is 0 Å². The number of aromatic hydroxyl groups is 1. The van der Waals surface area contributed by atoms with Crippen molar-refractivity contribution < 1.29 is 43.3 Å². The lowest BCUT2D eigenvalue weighted by molar-refractivity contribution is -0.182. The SMILES string of the molecule is CC(=O)OC1c2c(c3c(n2C#N)C(=O)c2c(O)cccc2C3=O)C(OC(C)=O)C(OC(C)=O)C1C. The first-order chi connectivity index (χ1) is 16.5. The molecule has 0 radical (unpaired) electrons. The average Bonchev–Trinajstić information content (AvgIpc) is 3.12. The number of fused-ring (bicyclic) bond motifs is 4. The number of hydrogen-bond acceptors (Lipinski definition) is 10. The summed E-state index contributed by atoms with van der Waals surface area (Å²) in [5.74, 6) is -5.06. The van der Waals surface area contributed by atoms with Gasteiger partial charge in [0.05, 0.1) is 16.8 Å². The molecule has 2 aliphatic rings.